The fourth-order valence-corrected chi connectivity index (χ4v) is 2.57. The van der Waals surface area contributed by atoms with Crippen LogP contribution in [0.4, 0.5) is 0 Å². The van der Waals surface area contributed by atoms with Crippen molar-refractivity contribution in [2.75, 3.05) is 19.6 Å². The molecule has 0 unspecified atom stereocenters. The van der Waals surface area contributed by atoms with E-state index in [0.717, 1.165) is 30.7 Å². The van der Waals surface area contributed by atoms with Crippen molar-refractivity contribution in [2.45, 2.75) is 39.3 Å². The quantitative estimate of drug-likeness (QED) is 0.763. The smallest absolute Gasteiger partial charge is 0.0408 e. The van der Waals surface area contributed by atoms with Crippen molar-refractivity contribution in [3.8, 4) is 0 Å². The molecule has 1 fully saturated rings. The molecule has 0 radical (unpaired) electrons. The molecule has 1 aliphatic carbocycles. The van der Waals surface area contributed by atoms with Crippen molar-refractivity contribution in [3.05, 3.63) is 34.3 Å². The average Bonchev–Trinajstić information content (AvgIpc) is 3.16. The molecule has 0 aromatic heterocycles. The molecule has 0 aliphatic heterocycles. The first-order valence-corrected chi connectivity index (χ1v) is 7.28. The van der Waals surface area contributed by atoms with E-state index in [1.165, 1.54) is 30.5 Å². The number of likely N-dealkylation sites (N-methyl/N-ethyl adjacent to an activating group) is 1. The van der Waals surface area contributed by atoms with E-state index in [0.29, 0.717) is 0 Å². The largest absolute Gasteiger partial charge is 0.311 e. The number of aryl methyl sites for hydroxylation is 1. The molecule has 0 amide bonds. The first-order valence-electron chi connectivity index (χ1n) is 6.90. The SMILES string of the molecule is CCN(CCNCc1ccc(Cl)cc1C)C1CC1. The molecule has 0 heterocycles. The molecule has 3 heteroatoms. The van der Waals surface area contributed by atoms with Crippen LogP contribution in [0, 0.1) is 6.92 Å². The van der Waals surface area contributed by atoms with E-state index < -0.39 is 0 Å². The van der Waals surface area contributed by atoms with Gasteiger partial charge >= 0.3 is 0 Å². The van der Waals surface area contributed by atoms with Crippen LogP contribution in [0.5, 0.6) is 0 Å². The molecule has 0 spiro atoms. The molecular formula is C15H23ClN2. The van der Waals surface area contributed by atoms with E-state index in [1.54, 1.807) is 0 Å². The monoisotopic (exact) mass is 266 g/mol. The van der Waals surface area contributed by atoms with Gasteiger partial charge in [0.05, 0.1) is 0 Å². The summed E-state index contributed by atoms with van der Waals surface area (Å²) in [5, 5.41) is 4.35. The molecule has 1 N–H and O–H groups in total. The van der Waals surface area contributed by atoms with Gasteiger partial charge in [0, 0.05) is 30.7 Å². The van der Waals surface area contributed by atoms with Crippen molar-refractivity contribution >= 4 is 11.6 Å². The van der Waals surface area contributed by atoms with Crippen molar-refractivity contribution in [3.63, 3.8) is 0 Å². The third kappa shape index (κ3) is 3.98. The molecule has 1 saturated carbocycles. The standard InChI is InChI=1S/C15H23ClN2/c1-3-18(15-6-7-15)9-8-17-11-13-4-5-14(16)10-12(13)2/h4-5,10,15,17H,3,6-9,11H2,1-2H3. The van der Waals surface area contributed by atoms with Gasteiger partial charge in [0.1, 0.15) is 0 Å². The Kier molecular flexibility index (Phi) is 5.04. The maximum Gasteiger partial charge on any atom is 0.0408 e. The highest BCUT2D eigenvalue weighted by Crippen LogP contribution is 2.25. The summed E-state index contributed by atoms with van der Waals surface area (Å²) in [5.74, 6) is 0. The van der Waals surface area contributed by atoms with Gasteiger partial charge in [0.2, 0.25) is 0 Å². The summed E-state index contributed by atoms with van der Waals surface area (Å²) >= 11 is 5.95. The number of hydrogen-bond acceptors (Lipinski definition) is 2. The minimum atomic E-state index is 0.821. The minimum absolute atomic E-state index is 0.821. The number of benzene rings is 1. The second-order valence-corrected chi connectivity index (χ2v) is 5.54. The van der Waals surface area contributed by atoms with Crippen molar-refractivity contribution in [2.24, 2.45) is 0 Å². The van der Waals surface area contributed by atoms with Crippen LogP contribution in [0.2, 0.25) is 5.02 Å². The number of halogens is 1. The third-order valence-electron chi connectivity index (χ3n) is 3.67. The van der Waals surface area contributed by atoms with Crippen molar-refractivity contribution in [1.82, 2.24) is 10.2 Å². The molecule has 2 nitrogen and oxygen atoms in total. The zero-order chi connectivity index (χ0) is 13.0. The molecule has 2 rings (SSSR count). The fraction of sp³-hybridized carbons (Fsp3) is 0.600. The lowest BCUT2D eigenvalue weighted by atomic mass is 10.1. The van der Waals surface area contributed by atoms with Crippen molar-refractivity contribution in [1.29, 1.82) is 0 Å². The van der Waals surface area contributed by atoms with Crippen LogP contribution in [-0.4, -0.2) is 30.6 Å². The highest BCUT2D eigenvalue weighted by Gasteiger charge is 2.26. The molecule has 100 valence electrons. The van der Waals surface area contributed by atoms with E-state index in [-0.39, 0.29) is 0 Å². The summed E-state index contributed by atoms with van der Waals surface area (Å²) in [6.07, 6.45) is 2.79. The van der Waals surface area contributed by atoms with Gasteiger partial charge in [-0.1, -0.05) is 24.6 Å². The molecule has 1 aromatic rings. The number of rotatable bonds is 7. The molecule has 18 heavy (non-hydrogen) atoms. The molecule has 1 aliphatic rings. The van der Waals surface area contributed by atoms with E-state index in [4.69, 9.17) is 11.6 Å². The van der Waals surface area contributed by atoms with Gasteiger partial charge in [-0.05, 0) is 49.6 Å². The highest BCUT2D eigenvalue weighted by molar-refractivity contribution is 6.30. The Hall–Kier alpha value is -0.570. The Labute approximate surface area is 115 Å². The van der Waals surface area contributed by atoms with Crippen molar-refractivity contribution < 1.29 is 0 Å². The van der Waals surface area contributed by atoms with Crippen LogP contribution in [0.1, 0.15) is 30.9 Å². The van der Waals surface area contributed by atoms with Gasteiger partial charge in [0.25, 0.3) is 0 Å². The van der Waals surface area contributed by atoms with Gasteiger partial charge in [-0.3, -0.25) is 4.90 Å². The van der Waals surface area contributed by atoms with Gasteiger partial charge < -0.3 is 5.32 Å². The predicted molar refractivity (Wildman–Crippen MR) is 78.2 cm³/mol. The van der Waals surface area contributed by atoms with Crippen LogP contribution in [-0.2, 0) is 6.54 Å². The Balaban J connectivity index is 1.71. The minimum Gasteiger partial charge on any atom is -0.311 e. The maximum atomic E-state index is 5.95. The van der Waals surface area contributed by atoms with Crippen LogP contribution in [0.3, 0.4) is 0 Å². The lowest BCUT2D eigenvalue weighted by molar-refractivity contribution is 0.277. The first-order chi connectivity index (χ1) is 8.70. The predicted octanol–water partition coefficient (Wildman–Crippen LogP) is 3.22. The summed E-state index contributed by atoms with van der Waals surface area (Å²) in [6, 6.07) is 6.98. The normalized spacial score (nSPS) is 15.3. The fourth-order valence-electron chi connectivity index (χ4n) is 2.34. The number of nitrogens with one attached hydrogen (secondary N) is 1. The summed E-state index contributed by atoms with van der Waals surface area (Å²) in [4.78, 5) is 2.57. The van der Waals surface area contributed by atoms with Gasteiger partial charge in [-0.15, -0.1) is 0 Å². The second kappa shape index (κ2) is 6.55. The van der Waals surface area contributed by atoms with E-state index in [9.17, 15) is 0 Å². The summed E-state index contributed by atoms with van der Waals surface area (Å²) in [6.45, 7) is 8.70. The number of hydrogen-bond donors (Lipinski definition) is 1. The number of nitrogens with zero attached hydrogens (tertiary/aromatic N) is 1. The third-order valence-corrected chi connectivity index (χ3v) is 3.90. The van der Waals surface area contributed by atoms with Crippen LogP contribution in [0.25, 0.3) is 0 Å². The Morgan fingerprint density at radius 1 is 1.39 bits per heavy atom. The molecule has 0 atom stereocenters. The van der Waals surface area contributed by atoms with Crippen LogP contribution in [0.15, 0.2) is 18.2 Å². The lowest BCUT2D eigenvalue weighted by Gasteiger charge is -2.20. The first kappa shape index (κ1) is 13.9. The highest BCUT2D eigenvalue weighted by atomic mass is 35.5. The Morgan fingerprint density at radius 3 is 2.78 bits per heavy atom. The van der Waals surface area contributed by atoms with Gasteiger partial charge in [-0.2, -0.15) is 0 Å². The zero-order valence-corrected chi connectivity index (χ0v) is 12.1. The van der Waals surface area contributed by atoms with Gasteiger partial charge in [0.15, 0.2) is 0 Å². The van der Waals surface area contributed by atoms with Gasteiger partial charge in [-0.25, -0.2) is 0 Å². The van der Waals surface area contributed by atoms with E-state index in [1.807, 2.05) is 12.1 Å². The average molecular weight is 267 g/mol. The topological polar surface area (TPSA) is 15.3 Å². The van der Waals surface area contributed by atoms with Crippen LogP contribution >= 0.6 is 11.6 Å². The Morgan fingerprint density at radius 2 is 2.17 bits per heavy atom. The Bertz CT molecular complexity index is 388. The lowest BCUT2D eigenvalue weighted by Crippen LogP contribution is -2.33. The molecule has 0 bridgehead atoms. The maximum absolute atomic E-state index is 5.95. The van der Waals surface area contributed by atoms with E-state index in [2.05, 4.69) is 30.1 Å². The van der Waals surface area contributed by atoms with Crippen LogP contribution < -0.4 is 5.32 Å². The zero-order valence-electron chi connectivity index (χ0n) is 11.4. The summed E-state index contributed by atoms with van der Waals surface area (Å²) in [5.41, 5.74) is 2.61. The molecule has 0 saturated heterocycles. The molecule has 1 aromatic carbocycles. The molecular weight excluding hydrogens is 244 g/mol. The summed E-state index contributed by atoms with van der Waals surface area (Å²) < 4.78 is 0. The second-order valence-electron chi connectivity index (χ2n) is 5.11. The van der Waals surface area contributed by atoms with E-state index >= 15 is 0 Å². The summed E-state index contributed by atoms with van der Waals surface area (Å²) in [7, 11) is 0.